The molecule has 0 bridgehead atoms. The molecule has 1 unspecified atom stereocenters. The molecule has 2 N–H and O–H groups in total. The lowest BCUT2D eigenvalue weighted by Crippen LogP contribution is -2.42. The maximum absolute atomic E-state index is 5.09. The van der Waals surface area contributed by atoms with Gasteiger partial charge in [0, 0.05) is 33.9 Å². The summed E-state index contributed by atoms with van der Waals surface area (Å²) >= 11 is 0. The summed E-state index contributed by atoms with van der Waals surface area (Å²) in [6.45, 7) is 5.05. The number of unbranched alkanes of at least 4 members (excludes halogenated alkanes) is 2. The molecule has 1 heterocycles. The van der Waals surface area contributed by atoms with Crippen molar-refractivity contribution in [1.29, 1.82) is 0 Å². The average molecular weight is 347 g/mol. The molecule has 5 heteroatoms. The number of aliphatic imine (C=N–C) groups is 1. The maximum Gasteiger partial charge on any atom is 0.191 e. The van der Waals surface area contributed by atoms with Gasteiger partial charge in [0.05, 0.1) is 6.04 Å². The lowest BCUT2D eigenvalue weighted by Gasteiger charge is -2.29. The number of methoxy groups -OCH3 is 1. The van der Waals surface area contributed by atoms with Crippen molar-refractivity contribution < 1.29 is 4.74 Å². The third-order valence-corrected chi connectivity index (χ3v) is 4.77. The minimum absolute atomic E-state index is 0.406. The zero-order chi connectivity index (χ0) is 17.7. The van der Waals surface area contributed by atoms with Crippen molar-refractivity contribution in [3.63, 3.8) is 0 Å². The smallest absolute Gasteiger partial charge is 0.191 e. The predicted octanol–water partition coefficient (Wildman–Crippen LogP) is 2.81. The molecule has 0 aromatic heterocycles. The number of rotatable bonds is 10. The number of likely N-dealkylation sites (tertiary alicyclic amines) is 1. The summed E-state index contributed by atoms with van der Waals surface area (Å²) in [5.74, 6) is 0.895. The first-order valence-electron chi connectivity index (χ1n) is 9.57. The summed E-state index contributed by atoms with van der Waals surface area (Å²) in [7, 11) is 3.60. The van der Waals surface area contributed by atoms with Crippen LogP contribution in [-0.4, -0.2) is 57.8 Å². The van der Waals surface area contributed by atoms with Gasteiger partial charge in [-0.2, -0.15) is 0 Å². The van der Waals surface area contributed by atoms with Gasteiger partial charge in [-0.05, 0) is 50.8 Å². The highest BCUT2D eigenvalue weighted by Gasteiger charge is 2.23. The molecule has 5 nitrogen and oxygen atoms in total. The Bertz CT molecular complexity index is 486. The molecular formula is C20H34N4O. The molecule has 0 spiro atoms. The molecule has 0 aliphatic carbocycles. The second-order valence-electron chi connectivity index (χ2n) is 6.60. The minimum Gasteiger partial charge on any atom is -0.385 e. The van der Waals surface area contributed by atoms with Crippen LogP contribution < -0.4 is 10.6 Å². The van der Waals surface area contributed by atoms with Gasteiger partial charge in [-0.25, -0.2) is 0 Å². The van der Waals surface area contributed by atoms with Crippen LogP contribution in [0.1, 0.15) is 43.7 Å². The average Bonchev–Trinajstić information content (AvgIpc) is 3.18. The molecule has 25 heavy (non-hydrogen) atoms. The maximum atomic E-state index is 5.09. The standard InChI is InChI=1S/C20H34N4O/c1-21-20(22-13-7-4-10-16-25-2)23-17-19(24-14-8-9-15-24)18-11-5-3-6-12-18/h3,5-6,11-12,19H,4,7-10,13-17H2,1-2H3,(H2,21,22,23). The van der Waals surface area contributed by atoms with Crippen molar-refractivity contribution in [1.82, 2.24) is 15.5 Å². The molecule has 1 aromatic carbocycles. The van der Waals surface area contributed by atoms with Gasteiger partial charge in [0.2, 0.25) is 0 Å². The molecule has 2 rings (SSSR count). The SMILES string of the molecule is CN=C(NCCCCCOC)NCC(c1ccccc1)N1CCCC1. The first-order valence-corrected chi connectivity index (χ1v) is 9.57. The van der Waals surface area contributed by atoms with Crippen LogP contribution in [0.2, 0.25) is 0 Å². The van der Waals surface area contributed by atoms with E-state index >= 15 is 0 Å². The Morgan fingerprint density at radius 3 is 2.56 bits per heavy atom. The van der Waals surface area contributed by atoms with Crippen LogP contribution in [0.5, 0.6) is 0 Å². The molecular weight excluding hydrogens is 312 g/mol. The van der Waals surface area contributed by atoms with Crippen LogP contribution in [0.4, 0.5) is 0 Å². The number of nitrogens with zero attached hydrogens (tertiary/aromatic N) is 2. The first kappa shape index (κ1) is 19.7. The fourth-order valence-corrected chi connectivity index (χ4v) is 3.36. The van der Waals surface area contributed by atoms with E-state index in [0.717, 1.165) is 38.5 Å². The number of nitrogens with one attached hydrogen (secondary N) is 2. The quantitative estimate of drug-likeness (QED) is 0.389. The highest BCUT2D eigenvalue weighted by molar-refractivity contribution is 5.79. The highest BCUT2D eigenvalue weighted by atomic mass is 16.5. The van der Waals surface area contributed by atoms with Crippen molar-refractivity contribution in [3.8, 4) is 0 Å². The normalized spacial score (nSPS) is 16.8. The topological polar surface area (TPSA) is 48.9 Å². The zero-order valence-corrected chi connectivity index (χ0v) is 15.8. The molecule has 0 radical (unpaired) electrons. The fourth-order valence-electron chi connectivity index (χ4n) is 3.36. The molecule has 0 amide bonds. The van der Waals surface area contributed by atoms with Crippen LogP contribution in [-0.2, 0) is 4.74 Å². The van der Waals surface area contributed by atoms with Gasteiger partial charge in [-0.1, -0.05) is 30.3 Å². The number of hydrogen-bond acceptors (Lipinski definition) is 3. The molecule has 1 fully saturated rings. The van der Waals surface area contributed by atoms with E-state index in [1.54, 1.807) is 7.11 Å². The largest absolute Gasteiger partial charge is 0.385 e. The monoisotopic (exact) mass is 346 g/mol. The summed E-state index contributed by atoms with van der Waals surface area (Å²) in [6, 6.07) is 11.2. The molecule has 1 aliphatic rings. The molecule has 140 valence electrons. The molecule has 1 aromatic rings. The van der Waals surface area contributed by atoms with Crippen molar-refractivity contribution in [2.75, 3.05) is 46.9 Å². The highest BCUT2D eigenvalue weighted by Crippen LogP contribution is 2.24. The van der Waals surface area contributed by atoms with Crippen LogP contribution in [0.25, 0.3) is 0 Å². The Hall–Kier alpha value is -1.59. The Morgan fingerprint density at radius 1 is 1.12 bits per heavy atom. The summed E-state index contributed by atoms with van der Waals surface area (Å²) in [5.41, 5.74) is 1.38. The van der Waals surface area contributed by atoms with Crippen LogP contribution >= 0.6 is 0 Å². The molecule has 1 aliphatic heterocycles. The van der Waals surface area contributed by atoms with Crippen LogP contribution in [0.15, 0.2) is 35.3 Å². The van der Waals surface area contributed by atoms with E-state index in [0.29, 0.717) is 6.04 Å². The summed E-state index contributed by atoms with van der Waals surface area (Å²) in [4.78, 5) is 6.95. The van der Waals surface area contributed by atoms with E-state index in [1.165, 1.54) is 37.9 Å². The van der Waals surface area contributed by atoms with Crippen molar-refractivity contribution in [2.24, 2.45) is 4.99 Å². The van der Waals surface area contributed by atoms with E-state index in [4.69, 9.17) is 4.74 Å². The van der Waals surface area contributed by atoms with Crippen LogP contribution in [0, 0.1) is 0 Å². The van der Waals surface area contributed by atoms with Gasteiger partial charge in [0.1, 0.15) is 0 Å². The Morgan fingerprint density at radius 2 is 1.88 bits per heavy atom. The Labute approximate surface area is 152 Å². The van der Waals surface area contributed by atoms with E-state index in [2.05, 4.69) is 50.9 Å². The van der Waals surface area contributed by atoms with Crippen molar-refractivity contribution in [2.45, 2.75) is 38.1 Å². The summed E-state index contributed by atoms with van der Waals surface area (Å²) in [5, 5.41) is 6.94. The lowest BCUT2D eigenvalue weighted by atomic mass is 10.1. The van der Waals surface area contributed by atoms with Gasteiger partial charge in [-0.15, -0.1) is 0 Å². The first-order chi connectivity index (χ1) is 12.3. The van der Waals surface area contributed by atoms with Gasteiger partial charge >= 0.3 is 0 Å². The van der Waals surface area contributed by atoms with E-state index in [1.807, 2.05) is 7.05 Å². The third-order valence-electron chi connectivity index (χ3n) is 4.77. The van der Waals surface area contributed by atoms with E-state index in [-0.39, 0.29) is 0 Å². The number of guanidine groups is 1. The van der Waals surface area contributed by atoms with Gasteiger partial charge < -0.3 is 15.4 Å². The molecule has 1 saturated heterocycles. The van der Waals surface area contributed by atoms with Crippen LogP contribution in [0.3, 0.4) is 0 Å². The number of ether oxygens (including phenoxy) is 1. The zero-order valence-electron chi connectivity index (χ0n) is 15.8. The second kappa shape index (κ2) is 11.9. The predicted molar refractivity (Wildman–Crippen MR) is 105 cm³/mol. The van der Waals surface area contributed by atoms with Crippen molar-refractivity contribution in [3.05, 3.63) is 35.9 Å². The van der Waals surface area contributed by atoms with Gasteiger partial charge in [-0.3, -0.25) is 9.89 Å². The van der Waals surface area contributed by atoms with Gasteiger partial charge in [0.25, 0.3) is 0 Å². The number of hydrogen-bond donors (Lipinski definition) is 2. The fraction of sp³-hybridized carbons (Fsp3) is 0.650. The summed E-state index contributed by atoms with van der Waals surface area (Å²) in [6.07, 6.45) is 6.04. The van der Waals surface area contributed by atoms with Crippen molar-refractivity contribution >= 4 is 5.96 Å². The number of benzene rings is 1. The Balaban J connectivity index is 1.80. The Kier molecular flexibility index (Phi) is 9.37. The molecule has 0 saturated carbocycles. The summed E-state index contributed by atoms with van der Waals surface area (Å²) < 4.78 is 5.09. The lowest BCUT2D eigenvalue weighted by molar-refractivity contribution is 0.192. The second-order valence-corrected chi connectivity index (χ2v) is 6.60. The minimum atomic E-state index is 0.406. The third kappa shape index (κ3) is 7.04. The van der Waals surface area contributed by atoms with Gasteiger partial charge in [0.15, 0.2) is 5.96 Å². The van der Waals surface area contributed by atoms with E-state index < -0.39 is 0 Å². The molecule has 1 atom stereocenters. The van der Waals surface area contributed by atoms with E-state index in [9.17, 15) is 0 Å².